The molecule has 136 valence electrons. The number of benzene rings is 2. The molecule has 0 heterocycles. The number of ketones is 1. The number of halogens is 1. The van der Waals surface area contributed by atoms with Crippen molar-refractivity contribution in [1.82, 2.24) is 5.32 Å². The molecule has 0 spiro atoms. The van der Waals surface area contributed by atoms with E-state index in [4.69, 9.17) is 4.74 Å². The van der Waals surface area contributed by atoms with Crippen LogP contribution in [0.2, 0.25) is 0 Å². The SMILES string of the molecule is CCCCC(=O)/C=C(\NC(=O)OCc1ccccc1)c1ccc(Br)cc1. The smallest absolute Gasteiger partial charge is 0.411 e. The molecule has 4 nitrogen and oxygen atoms in total. The number of nitrogens with one attached hydrogen (secondary N) is 1. The van der Waals surface area contributed by atoms with Crippen LogP contribution in [0, 0.1) is 0 Å². The number of amides is 1. The zero-order valence-electron chi connectivity index (χ0n) is 14.7. The van der Waals surface area contributed by atoms with E-state index in [1.807, 2.05) is 61.5 Å². The average Bonchev–Trinajstić information content (AvgIpc) is 2.65. The summed E-state index contributed by atoms with van der Waals surface area (Å²) in [6, 6.07) is 16.8. The Labute approximate surface area is 162 Å². The summed E-state index contributed by atoms with van der Waals surface area (Å²) in [7, 11) is 0. The van der Waals surface area contributed by atoms with Crippen LogP contribution in [0.3, 0.4) is 0 Å². The van der Waals surface area contributed by atoms with Crippen molar-refractivity contribution in [3.63, 3.8) is 0 Å². The zero-order valence-corrected chi connectivity index (χ0v) is 16.3. The molecule has 0 saturated heterocycles. The van der Waals surface area contributed by atoms with Gasteiger partial charge in [0.25, 0.3) is 0 Å². The summed E-state index contributed by atoms with van der Waals surface area (Å²) in [6.45, 7) is 2.20. The molecule has 0 radical (unpaired) electrons. The van der Waals surface area contributed by atoms with E-state index in [2.05, 4.69) is 21.2 Å². The molecule has 1 amide bonds. The van der Waals surface area contributed by atoms with E-state index < -0.39 is 6.09 Å². The number of carbonyl (C=O) groups excluding carboxylic acids is 2. The summed E-state index contributed by atoms with van der Waals surface area (Å²) in [4.78, 5) is 24.3. The van der Waals surface area contributed by atoms with Crippen molar-refractivity contribution in [3.05, 3.63) is 76.3 Å². The summed E-state index contributed by atoms with van der Waals surface area (Å²) < 4.78 is 6.18. The van der Waals surface area contributed by atoms with Crippen LogP contribution in [0.5, 0.6) is 0 Å². The molecule has 0 fully saturated rings. The van der Waals surface area contributed by atoms with Crippen LogP contribution < -0.4 is 5.32 Å². The summed E-state index contributed by atoms with van der Waals surface area (Å²) in [5.41, 5.74) is 2.09. The van der Waals surface area contributed by atoms with Gasteiger partial charge in [0.15, 0.2) is 5.78 Å². The van der Waals surface area contributed by atoms with Crippen LogP contribution in [0.15, 0.2) is 65.1 Å². The van der Waals surface area contributed by atoms with E-state index in [9.17, 15) is 9.59 Å². The number of hydrogen-bond acceptors (Lipinski definition) is 3. The first kappa shape index (κ1) is 19.9. The monoisotopic (exact) mass is 415 g/mol. The number of rotatable bonds is 8. The minimum absolute atomic E-state index is 0.0203. The molecule has 26 heavy (non-hydrogen) atoms. The maximum Gasteiger partial charge on any atom is 0.411 e. The second-order valence-electron chi connectivity index (χ2n) is 5.82. The summed E-state index contributed by atoms with van der Waals surface area (Å²) in [5.74, 6) is -0.0203. The van der Waals surface area contributed by atoms with Gasteiger partial charge in [-0.25, -0.2) is 4.79 Å². The minimum Gasteiger partial charge on any atom is -0.444 e. The Balaban J connectivity index is 2.07. The van der Waals surface area contributed by atoms with Gasteiger partial charge in [0, 0.05) is 17.0 Å². The molecule has 0 bridgehead atoms. The molecule has 0 aliphatic heterocycles. The fourth-order valence-electron chi connectivity index (χ4n) is 2.27. The van der Waals surface area contributed by atoms with E-state index in [0.29, 0.717) is 12.1 Å². The molecule has 0 atom stereocenters. The lowest BCUT2D eigenvalue weighted by atomic mass is 10.1. The second-order valence-corrected chi connectivity index (χ2v) is 6.74. The van der Waals surface area contributed by atoms with Crippen molar-refractivity contribution in [3.8, 4) is 0 Å². The van der Waals surface area contributed by atoms with Gasteiger partial charge in [0.2, 0.25) is 0 Å². The first-order valence-corrected chi connectivity index (χ1v) is 9.36. The molecule has 0 aliphatic rings. The molecule has 0 aliphatic carbocycles. The highest BCUT2D eigenvalue weighted by atomic mass is 79.9. The van der Waals surface area contributed by atoms with Crippen molar-refractivity contribution in [2.75, 3.05) is 0 Å². The number of ether oxygens (including phenoxy) is 1. The predicted octanol–water partition coefficient (Wildman–Crippen LogP) is 5.48. The summed E-state index contributed by atoms with van der Waals surface area (Å²) in [5, 5.41) is 2.69. The zero-order chi connectivity index (χ0) is 18.8. The van der Waals surface area contributed by atoms with Gasteiger partial charge in [0.1, 0.15) is 6.61 Å². The van der Waals surface area contributed by atoms with Crippen LogP contribution in [-0.2, 0) is 16.1 Å². The molecule has 0 aromatic heterocycles. The Morgan fingerprint density at radius 2 is 1.77 bits per heavy atom. The van der Waals surface area contributed by atoms with Gasteiger partial charge in [0.05, 0.1) is 5.70 Å². The highest BCUT2D eigenvalue weighted by molar-refractivity contribution is 9.10. The number of carbonyl (C=O) groups is 2. The van der Waals surface area contributed by atoms with Gasteiger partial charge in [-0.15, -0.1) is 0 Å². The van der Waals surface area contributed by atoms with Crippen molar-refractivity contribution < 1.29 is 14.3 Å². The van der Waals surface area contributed by atoms with Crippen LogP contribution in [-0.4, -0.2) is 11.9 Å². The Morgan fingerprint density at radius 3 is 2.42 bits per heavy atom. The lowest BCUT2D eigenvalue weighted by molar-refractivity contribution is -0.114. The van der Waals surface area contributed by atoms with E-state index in [1.54, 1.807) is 0 Å². The first-order chi connectivity index (χ1) is 12.6. The van der Waals surface area contributed by atoms with Gasteiger partial charge in [-0.1, -0.05) is 71.7 Å². The van der Waals surface area contributed by atoms with Crippen LogP contribution in [0.25, 0.3) is 5.70 Å². The van der Waals surface area contributed by atoms with E-state index in [-0.39, 0.29) is 12.4 Å². The second kappa shape index (κ2) is 10.6. The molecule has 2 aromatic carbocycles. The van der Waals surface area contributed by atoms with Crippen molar-refractivity contribution in [2.45, 2.75) is 32.8 Å². The maximum atomic E-state index is 12.2. The standard InChI is InChI=1S/C21H22BrNO3/c1-2-3-9-19(24)14-20(17-10-12-18(22)13-11-17)23-21(25)26-15-16-7-5-4-6-8-16/h4-8,10-14H,2-3,9,15H2,1H3,(H,23,25)/b20-14-. The molecular weight excluding hydrogens is 394 g/mol. The molecule has 2 aromatic rings. The Kier molecular flexibility index (Phi) is 8.09. The predicted molar refractivity (Wildman–Crippen MR) is 106 cm³/mol. The summed E-state index contributed by atoms with van der Waals surface area (Å²) in [6.07, 6.45) is 3.10. The number of hydrogen-bond donors (Lipinski definition) is 1. The van der Waals surface area contributed by atoms with Gasteiger partial charge in [-0.3, -0.25) is 10.1 Å². The quantitative estimate of drug-likeness (QED) is 0.580. The number of allylic oxidation sites excluding steroid dienone is 1. The number of unbranched alkanes of at least 4 members (excludes halogenated alkanes) is 1. The molecule has 2 rings (SSSR count). The van der Waals surface area contributed by atoms with Crippen LogP contribution in [0.4, 0.5) is 4.79 Å². The Hall–Kier alpha value is -2.40. The average molecular weight is 416 g/mol. The summed E-state index contributed by atoms with van der Waals surface area (Å²) >= 11 is 3.38. The molecular formula is C21H22BrNO3. The third-order valence-electron chi connectivity index (χ3n) is 3.69. The molecule has 0 unspecified atom stereocenters. The van der Waals surface area contributed by atoms with Crippen LogP contribution >= 0.6 is 15.9 Å². The normalized spacial score (nSPS) is 11.1. The fourth-order valence-corrected chi connectivity index (χ4v) is 2.54. The molecule has 5 heteroatoms. The number of alkyl carbamates (subject to hydrolysis) is 1. The third-order valence-corrected chi connectivity index (χ3v) is 4.22. The van der Waals surface area contributed by atoms with Crippen molar-refractivity contribution in [1.29, 1.82) is 0 Å². The van der Waals surface area contributed by atoms with Crippen molar-refractivity contribution >= 4 is 33.5 Å². The van der Waals surface area contributed by atoms with Gasteiger partial charge in [-0.05, 0) is 29.7 Å². The van der Waals surface area contributed by atoms with E-state index in [0.717, 1.165) is 28.4 Å². The highest BCUT2D eigenvalue weighted by Crippen LogP contribution is 2.17. The third kappa shape index (κ3) is 6.84. The lowest BCUT2D eigenvalue weighted by Crippen LogP contribution is -2.23. The van der Waals surface area contributed by atoms with Crippen LogP contribution in [0.1, 0.15) is 37.3 Å². The lowest BCUT2D eigenvalue weighted by Gasteiger charge is -2.11. The molecule has 0 saturated carbocycles. The van der Waals surface area contributed by atoms with Gasteiger partial charge < -0.3 is 4.74 Å². The van der Waals surface area contributed by atoms with Gasteiger partial charge >= 0.3 is 6.09 Å². The highest BCUT2D eigenvalue weighted by Gasteiger charge is 2.11. The Bertz CT molecular complexity index is 755. The largest absolute Gasteiger partial charge is 0.444 e. The maximum absolute atomic E-state index is 12.2. The van der Waals surface area contributed by atoms with Crippen molar-refractivity contribution in [2.24, 2.45) is 0 Å². The Morgan fingerprint density at radius 1 is 1.08 bits per heavy atom. The van der Waals surface area contributed by atoms with E-state index >= 15 is 0 Å². The van der Waals surface area contributed by atoms with E-state index in [1.165, 1.54) is 6.08 Å². The minimum atomic E-state index is -0.591. The van der Waals surface area contributed by atoms with Gasteiger partial charge in [-0.2, -0.15) is 0 Å². The topological polar surface area (TPSA) is 55.4 Å². The first-order valence-electron chi connectivity index (χ1n) is 8.56. The fraction of sp³-hybridized carbons (Fsp3) is 0.238. The molecule has 1 N–H and O–H groups in total.